The van der Waals surface area contributed by atoms with E-state index in [-0.39, 0.29) is 12.1 Å². The molecule has 1 aliphatic rings. The predicted octanol–water partition coefficient (Wildman–Crippen LogP) is 2.30. The SMILES string of the molecule is CC(Cc1cccnc1)NC(=O)Nc1cnc2c(c1)COCC2. The van der Waals surface area contributed by atoms with E-state index in [1.807, 2.05) is 31.3 Å². The summed E-state index contributed by atoms with van der Waals surface area (Å²) in [5.74, 6) is 0. The second kappa shape index (κ2) is 7.19. The van der Waals surface area contributed by atoms with Gasteiger partial charge in [-0.3, -0.25) is 9.97 Å². The van der Waals surface area contributed by atoms with Crippen LogP contribution >= 0.6 is 0 Å². The van der Waals surface area contributed by atoms with Gasteiger partial charge >= 0.3 is 6.03 Å². The average Bonchev–Trinajstić information content (AvgIpc) is 2.55. The first-order valence-electron chi connectivity index (χ1n) is 7.72. The molecule has 2 aromatic rings. The first kappa shape index (κ1) is 15.4. The zero-order valence-electron chi connectivity index (χ0n) is 13.1. The van der Waals surface area contributed by atoms with Crippen molar-refractivity contribution < 1.29 is 9.53 Å². The van der Waals surface area contributed by atoms with E-state index < -0.39 is 0 Å². The Hall–Kier alpha value is -2.47. The Kier molecular flexibility index (Phi) is 4.83. The van der Waals surface area contributed by atoms with E-state index in [2.05, 4.69) is 20.6 Å². The number of hydrogen-bond donors (Lipinski definition) is 2. The fraction of sp³-hybridized carbons (Fsp3) is 0.353. The van der Waals surface area contributed by atoms with Gasteiger partial charge in [0.15, 0.2) is 0 Å². The van der Waals surface area contributed by atoms with Crippen LogP contribution in [0.3, 0.4) is 0 Å². The van der Waals surface area contributed by atoms with Crippen molar-refractivity contribution in [3.05, 3.63) is 53.6 Å². The quantitative estimate of drug-likeness (QED) is 0.908. The van der Waals surface area contributed by atoms with Crippen molar-refractivity contribution in [2.45, 2.75) is 32.4 Å². The van der Waals surface area contributed by atoms with Gasteiger partial charge in [-0.15, -0.1) is 0 Å². The Bertz CT molecular complexity index is 676. The van der Waals surface area contributed by atoms with Crippen LogP contribution in [0.5, 0.6) is 0 Å². The standard InChI is InChI=1S/C17H20N4O2/c1-12(7-13-3-2-5-18-9-13)20-17(22)21-15-8-14-11-23-6-4-16(14)19-10-15/h2-3,5,8-10,12H,4,6-7,11H2,1H3,(H2,20,21,22). The van der Waals surface area contributed by atoms with Crippen LogP contribution in [0.15, 0.2) is 36.8 Å². The van der Waals surface area contributed by atoms with Gasteiger partial charge in [0.25, 0.3) is 0 Å². The molecule has 3 rings (SSSR count). The topological polar surface area (TPSA) is 76.1 Å². The summed E-state index contributed by atoms with van der Waals surface area (Å²) in [4.78, 5) is 20.5. The Morgan fingerprint density at radius 3 is 3.17 bits per heavy atom. The summed E-state index contributed by atoms with van der Waals surface area (Å²) >= 11 is 0. The number of anilines is 1. The molecule has 0 bridgehead atoms. The summed E-state index contributed by atoms with van der Waals surface area (Å²) < 4.78 is 5.41. The van der Waals surface area contributed by atoms with Gasteiger partial charge in [-0.25, -0.2) is 4.79 Å². The highest BCUT2D eigenvalue weighted by atomic mass is 16.5. The Morgan fingerprint density at radius 2 is 2.35 bits per heavy atom. The van der Waals surface area contributed by atoms with Gasteiger partial charge < -0.3 is 15.4 Å². The van der Waals surface area contributed by atoms with E-state index in [0.29, 0.717) is 18.9 Å². The normalized spacial score (nSPS) is 14.7. The maximum Gasteiger partial charge on any atom is 0.319 e. The molecule has 0 aromatic carbocycles. The number of carbonyl (C=O) groups excluding carboxylic acids is 1. The van der Waals surface area contributed by atoms with Crippen LogP contribution in [-0.2, 0) is 24.2 Å². The van der Waals surface area contributed by atoms with Gasteiger partial charge in [-0.1, -0.05) is 6.07 Å². The van der Waals surface area contributed by atoms with E-state index in [9.17, 15) is 4.79 Å². The minimum absolute atomic E-state index is 0.00752. The molecule has 1 aliphatic heterocycles. The summed E-state index contributed by atoms with van der Waals surface area (Å²) in [6.07, 6.45) is 6.79. The van der Waals surface area contributed by atoms with Crippen LogP contribution in [0.4, 0.5) is 10.5 Å². The van der Waals surface area contributed by atoms with Crippen molar-refractivity contribution in [2.24, 2.45) is 0 Å². The molecule has 3 heterocycles. The second-order valence-corrected chi connectivity index (χ2v) is 5.70. The van der Waals surface area contributed by atoms with Crippen molar-refractivity contribution in [1.82, 2.24) is 15.3 Å². The third-order valence-corrected chi connectivity index (χ3v) is 3.70. The molecule has 2 N–H and O–H groups in total. The smallest absolute Gasteiger partial charge is 0.319 e. The molecular weight excluding hydrogens is 292 g/mol. The lowest BCUT2D eigenvalue weighted by Gasteiger charge is -2.17. The summed E-state index contributed by atoms with van der Waals surface area (Å²) in [5.41, 5.74) is 3.86. The van der Waals surface area contributed by atoms with E-state index in [1.165, 1.54) is 0 Å². The van der Waals surface area contributed by atoms with Crippen LogP contribution in [0.2, 0.25) is 0 Å². The molecule has 6 nitrogen and oxygen atoms in total. The number of pyridine rings is 2. The van der Waals surface area contributed by atoms with Gasteiger partial charge in [0.2, 0.25) is 0 Å². The Morgan fingerprint density at radius 1 is 1.43 bits per heavy atom. The molecule has 2 amide bonds. The fourth-order valence-electron chi connectivity index (χ4n) is 2.62. The minimum atomic E-state index is -0.236. The Labute approximate surface area is 135 Å². The van der Waals surface area contributed by atoms with E-state index >= 15 is 0 Å². The maximum absolute atomic E-state index is 12.1. The lowest BCUT2D eigenvalue weighted by molar-refractivity contribution is 0.109. The van der Waals surface area contributed by atoms with E-state index in [4.69, 9.17) is 4.74 Å². The molecule has 120 valence electrons. The molecule has 0 saturated carbocycles. The molecule has 1 unspecified atom stereocenters. The number of aromatic nitrogens is 2. The monoisotopic (exact) mass is 312 g/mol. The highest BCUT2D eigenvalue weighted by molar-refractivity contribution is 5.89. The number of nitrogens with zero attached hydrogens (tertiary/aromatic N) is 2. The first-order chi connectivity index (χ1) is 11.2. The number of urea groups is 1. The third kappa shape index (κ3) is 4.26. The van der Waals surface area contributed by atoms with Crippen molar-refractivity contribution in [1.29, 1.82) is 0 Å². The summed E-state index contributed by atoms with van der Waals surface area (Å²) in [6, 6.07) is 5.58. The fourth-order valence-corrected chi connectivity index (χ4v) is 2.62. The number of hydrogen-bond acceptors (Lipinski definition) is 4. The molecular formula is C17H20N4O2. The van der Waals surface area contributed by atoms with Crippen LogP contribution in [0.1, 0.15) is 23.7 Å². The largest absolute Gasteiger partial charge is 0.376 e. The first-order valence-corrected chi connectivity index (χ1v) is 7.72. The number of nitrogens with one attached hydrogen (secondary N) is 2. The van der Waals surface area contributed by atoms with Gasteiger partial charge in [-0.2, -0.15) is 0 Å². The minimum Gasteiger partial charge on any atom is -0.376 e. The highest BCUT2D eigenvalue weighted by Gasteiger charge is 2.13. The number of rotatable bonds is 4. The number of fused-ring (bicyclic) bond motifs is 1. The Balaban J connectivity index is 1.54. The van der Waals surface area contributed by atoms with Crippen molar-refractivity contribution in [3.8, 4) is 0 Å². The zero-order valence-corrected chi connectivity index (χ0v) is 13.1. The average molecular weight is 312 g/mol. The third-order valence-electron chi connectivity index (χ3n) is 3.70. The molecule has 0 saturated heterocycles. The summed E-state index contributed by atoms with van der Waals surface area (Å²) in [6.45, 7) is 3.22. The van der Waals surface area contributed by atoms with Crippen molar-refractivity contribution >= 4 is 11.7 Å². The molecule has 6 heteroatoms. The van der Waals surface area contributed by atoms with Crippen molar-refractivity contribution in [3.63, 3.8) is 0 Å². The van der Waals surface area contributed by atoms with Gasteiger partial charge in [0.1, 0.15) is 0 Å². The maximum atomic E-state index is 12.1. The van der Waals surface area contributed by atoms with Crippen LogP contribution in [-0.4, -0.2) is 28.6 Å². The predicted molar refractivity (Wildman–Crippen MR) is 87.2 cm³/mol. The molecule has 0 aliphatic carbocycles. The van der Waals surface area contributed by atoms with E-state index in [0.717, 1.165) is 29.7 Å². The molecule has 23 heavy (non-hydrogen) atoms. The van der Waals surface area contributed by atoms with Crippen LogP contribution < -0.4 is 10.6 Å². The van der Waals surface area contributed by atoms with Gasteiger partial charge in [0, 0.05) is 36.1 Å². The molecule has 1 atom stereocenters. The summed E-state index contributed by atoms with van der Waals surface area (Å²) in [5, 5.41) is 5.75. The van der Waals surface area contributed by atoms with Crippen LogP contribution in [0, 0.1) is 0 Å². The van der Waals surface area contributed by atoms with E-state index in [1.54, 1.807) is 12.4 Å². The molecule has 0 radical (unpaired) electrons. The van der Waals surface area contributed by atoms with Crippen molar-refractivity contribution in [2.75, 3.05) is 11.9 Å². The second-order valence-electron chi connectivity index (χ2n) is 5.70. The number of ether oxygens (including phenoxy) is 1. The molecule has 2 aromatic heterocycles. The lowest BCUT2D eigenvalue weighted by atomic mass is 10.1. The van der Waals surface area contributed by atoms with Gasteiger partial charge in [-0.05, 0) is 31.0 Å². The van der Waals surface area contributed by atoms with Crippen LogP contribution in [0.25, 0.3) is 0 Å². The lowest BCUT2D eigenvalue weighted by Crippen LogP contribution is -2.37. The molecule has 0 fully saturated rings. The van der Waals surface area contributed by atoms with Gasteiger partial charge in [0.05, 0.1) is 25.1 Å². The highest BCUT2D eigenvalue weighted by Crippen LogP contribution is 2.18. The summed E-state index contributed by atoms with van der Waals surface area (Å²) in [7, 11) is 0. The number of carbonyl (C=O) groups is 1. The zero-order chi connectivity index (χ0) is 16.1. The molecule has 0 spiro atoms. The number of amides is 2.